The number of hydrogen-bond acceptors (Lipinski definition) is 0. The molecule has 0 bridgehead atoms. The molecule has 0 fully saturated rings. The predicted octanol–water partition coefficient (Wildman–Crippen LogP) is 5.97. The zero-order chi connectivity index (χ0) is 14.9. The molecule has 0 aliphatic carbocycles. The lowest BCUT2D eigenvalue weighted by atomic mass is 9.88. The second-order valence-electron chi connectivity index (χ2n) is 5.59. The maximum absolute atomic E-state index is 3.96. The molecule has 0 amide bonds. The Kier molecular flexibility index (Phi) is 4.70. The van der Waals surface area contributed by atoms with Gasteiger partial charge in [-0.25, -0.2) is 0 Å². The van der Waals surface area contributed by atoms with Crippen molar-refractivity contribution in [2.24, 2.45) is 0 Å². The molecule has 0 saturated heterocycles. The van der Waals surface area contributed by atoms with Crippen LogP contribution in [0.25, 0.3) is 0 Å². The summed E-state index contributed by atoms with van der Waals surface area (Å²) in [6, 6.07) is 11.0. The number of rotatable bonds is 3. The molecular formula is C19H23Br. The predicted molar refractivity (Wildman–Crippen MR) is 92.0 cm³/mol. The fourth-order valence-electron chi connectivity index (χ4n) is 2.89. The Hall–Kier alpha value is -1.08. The molecule has 0 N–H and O–H groups in total. The van der Waals surface area contributed by atoms with Crippen LogP contribution >= 0.6 is 15.9 Å². The molecule has 0 aromatic heterocycles. The number of hydrogen-bond donors (Lipinski definition) is 0. The summed E-state index contributed by atoms with van der Waals surface area (Å²) in [5.74, 6) is 0. The molecule has 0 heterocycles. The standard InChI is InChI=1S/C19H23Br/c1-6-16-9-7-8-10-17(16)19(20)18-14(4)12(2)11-13(3)15(18)5/h7-11,19H,6H2,1-5H3. The number of benzene rings is 2. The maximum Gasteiger partial charge on any atom is 0.0652 e. The van der Waals surface area contributed by atoms with Crippen LogP contribution in [0.3, 0.4) is 0 Å². The van der Waals surface area contributed by atoms with Crippen molar-refractivity contribution in [2.75, 3.05) is 0 Å². The molecule has 1 atom stereocenters. The van der Waals surface area contributed by atoms with E-state index in [1.54, 1.807) is 0 Å². The lowest BCUT2D eigenvalue weighted by Crippen LogP contribution is -2.05. The van der Waals surface area contributed by atoms with Crippen LogP contribution in [-0.2, 0) is 6.42 Å². The van der Waals surface area contributed by atoms with Crippen LogP contribution in [0, 0.1) is 27.7 Å². The first-order valence-corrected chi connectivity index (χ1v) is 8.18. The molecule has 0 spiro atoms. The molecule has 0 nitrogen and oxygen atoms in total. The van der Waals surface area contributed by atoms with Gasteiger partial charge in [0.25, 0.3) is 0 Å². The van der Waals surface area contributed by atoms with E-state index in [0.29, 0.717) is 0 Å². The zero-order valence-corrected chi connectivity index (χ0v) is 14.6. The van der Waals surface area contributed by atoms with Gasteiger partial charge in [-0.2, -0.15) is 0 Å². The molecule has 0 aliphatic rings. The fraction of sp³-hybridized carbons (Fsp3) is 0.368. The minimum atomic E-state index is 0.275. The number of halogens is 1. The summed E-state index contributed by atoms with van der Waals surface area (Å²) in [5.41, 5.74) is 9.81. The molecule has 0 aliphatic heterocycles. The van der Waals surface area contributed by atoms with Gasteiger partial charge in [-0.1, -0.05) is 53.2 Å². The first-order valence-electron chi connectivity index (χ1n) is 7.26. The smallest absolute Gasteiger partial charge is 0.0652 e. The second kappa shape index (κ2) is 6.13. The van der Waals surface area contributed by atoms with Crippen LogP contribution in [0.5, 0.6) is 0 Å². The van der Waals surface area contributed by atoms with E-state index >= 15 is 0 Å². The van der Waals surface area contributed by atoms with Gasteiger partial charge in [-0.05, 0) is 73.1 Å². The highest BCUT2D eigenvalue weighted by atomic mass is 79.9. The summed E-state index contributed by atoms with van der Waals surface area (Å²) in [7, 11) is 0. The Morgan fingerprint density at radius 2 is 1.50 bits per heavy atom. The molecule has 106 valence electrons. The Balaban J connectivity index is 2.62. The lowest BCUT2D eigenvalue weighted by molar-refractivity contribution is 1.02. The molecule has 0 radical (unpaired) electrons. The van der Waals surface area contributed by atoms with E-state index in [4.69, 9.17) is 0 Å². The Labute approximate surface area is 131 Å². The van der Waals surface area contributed by atoms with Crippen LogP contribution < -0.4 is 0 Å². The van der Waals surface area contributed by atoms with Gasteiger partial charge in [0.15, 0.2) is 0 Å². The van der Waals surface area contributed by atoms with Crippen LogP contribution in [0.15, 0.2) is 30.3 Å². The van der Waals surface area contributed by atoms with E-state index in [2.05, 4.69) is 80.9 Å². The van der Waals surface area contributed by atoms with Gasteiger partial charge in [0.05, 0.1) is 4.83 Å². The van der Waals surface area contributed by atoms with E-state index in [-0.39, 0.29) is 4.83 Å². The molecule has 2 aromatic carbocycles. The van der Waals surface area contributed by atoms with Crippen LogP contribution in [0.2, 0.25) is 0 Å². The summed E-state index contributed by atoms with van der Waals surface area (Å²) in [5, 5.41) is 0. The van der Waals surface area contributed by atoms with Crippen LogP contribution in [0.1, 0.15) is 50.7 Å². The first-order chi connectivity index (χ1) is 9.47. The van der Waals surface area contributed by atoms with E-state index < -0.39 is 0 Å². The topological polar surface area (TPSA) is 0 Å². The molecule has 2 rings (SSSR count). The van der Waals surface area contributed by atoms with Crippen molar-refractivity contribution in [2.45, 2.75) is 45.9 Å². The molecule has 20 heavy (non-hydrogen) atoms. The summed E-state index contributed by atoms with van der Waals surface area (Å²) < 4.78 is 0. The third kappa shape index (κ3) is 2.69. The van der Waals surface area contributed by atoms with Crippen molar-refractivity contribution < 1.29 is 0 Å². The van der Waals surface area contributed by atoms with Gasteiger partial charge < -0.3 is 0 Å². The lowest BCUT2D eigenvalue weighted by Gasteiger charge is -2.22. The normalized spacial score (nSPS) is 12.5. The molecular weight excluding hydrogens is 308 g/mol. The highest BCUT2D eigenvalue weighted by Crippen LogP contribution is 2.38. The van der Waals surface area contributed by atoms with Crippen molar-refractivity contribution in [3.05, 3.63) is 69.3 Å². The SMILES string of the molecule is CCc1ccccc1C(Br)c1c(C)c(C)cc(C)c1C. The minimum Gasteiger partial charge on any atom is -0.0786 e. The average molecular weight is 331 g/mol. The number of aryl methyl sites for hydroxylation is 3. The third-order valence-corrected chi connectivity index (χ3v) is 5.34. The summed E-state index contributed by atoms with van der Waals surface area (Å²) >= 11 is 3.96. The minimum absolute atomic E-state index is 0.275. The number of alkyl halides is 1. The highest BCUT2D eigenvalue weighted by Gasteiger charge is 2.19. The van der Waals surface area contributed by atoms with Gasteiger partial charge in [0.2, 0.25) is 0 Å². The van der Waals surface area contributed by atoms with Gasteiger partial charge in [0, 0.05) is 0 Å². The molecule has 0 saturated carbocycles. The molecule has 2 aromatic rings. The van der Waals surface area contributed by atoms with Crippen molar-refractivity contribution in [1.29, 1.82) is 0 Å². The van der Waals surface area contributed by atoms with Crippen LogP contribution in [-0.4, -0.2) is 0 Å². The van der Waals surface area contributed by atoms with Crippen molar-refractivity contribution in [3.63, 3.8) is 0 Å². The summed E-state index contributed by atoms with van der Waals surface area (Å²) in [6.45, 7) is 11.1. The Bertz CT molecular complexity index is 600. The molecule has 1 unspecified atom stereocenters. The van der Waals surface area contributed by atoms with E-state index in [0.717, 1.165) is 6.42 Å². The van der Waals surface area contributed by atoms with E-state index in [1.165, 1.54) is 38.9 Å². The fourth-order valence-corrected chi connectivity index (χ4v) is 4.02. The van der Waals surface area contributed by atoms with Gasteiger partial charge >= 0.3 is 0 Å². The zero-order valence-electron chi connectivity index (χ0n) is 13.0. The second-order valence-corrected chi connectivity index (χ2v) is 6.50. The monoisotopic (exact) mass is 330 g/mol. The molecule has 1 heteroatoms. The van der Waals surface area contributed by atoms with E-state index in [1.807, 2.05) is 0 Å². The van der Waals surface area contributed by atoms with Gasteiger partial charge in [-0.3, -0.25) is 0 Å². The maximum atomic E-state index is 3.96. The summed E-state index contributed by atoms with van der Waals surface area (Å²) in [4.78, 5) is 0.275. The summed E-state index contributed by atoms with van der Waals surface area (Å²) in [6.07, 6.45) is 1.07. The first kappa shape index (κ1) is 15.3. The average Bonchev–Trinajstić information content (AvgIpc) is 2.45. The van der Waals surface area contributed by atoms with Crippen molar-refractivity contribution >= 4 is 15.9 Å². The van der Waals surface area contributed by atoms with Gasteiger partial charge in [0.1, 0.15) is 0 Å². The largest absolute Gasteiger partial charge is 0.0786 e. The van der Waals surface area contributed by atoms with Gasteiger partial charge in [-0.15, -0.1) is 0 Å². The Morgan fingerprint density at radius 1 is 0.950 bits per heavy atom. The Morgan fingerprint density at radius 3 is 2.05 bits per heavy atom. The van der Waals surface area contributed by atoms with E-state index in [9.17, 15) is 0 Å². The quantitative estimate of drug-likeness (QED) is 0.608. The van der Waals surface area contributed by atoms with Crippen LogP contribution in [0.4, 0.5) is 0 Å². The van der Waals surface area contributed by atoms with Crippen molar-refractivity contribution in [1.82, 2.24) is 0 Å². The highest BCUT2D eigenvalue weighted by molar-refractivity contribution is 9.09. The third-order valence-electron chi connectivity index (χ3n) is 4.39. The van der Waals surface area contributed by atoms with Crippen molar-refractivity contribution in [3.8, 4) is 0 Å².